The summed E-state index contributed by atoms with van der Waals surface area (Å²) >= 11 is 0. The lowest BCUT2D eigenvalue weighted by Crippen LogP contribution is -2.29. The van der Waals surface area contributed by atoms with Gasteiger partial charge < -0.3 is 11.1 Å². The summed E-state index contributed by atoms with van der Waals surface area (Å²) in [5.41, 5.74) is 7.69. The lowest BCUT2D eigenvalue weighted by Gasteiger charge is -2.18. The molecular formula is C16H22N4O. The summed E-state index contributed by atoms with van der Waals surface area (Å²) in [5, 5.41) is 7.27. The summed E-state index contributed by atoms with van der Waals surface area (Å²) in [6.07, 6.45) is 4.78. The number of para-hydroxylation sites is 1. The average Bonchev–Trinajstić information content (AvgIpc) is 2.99. The summed E-state index contributed by atoms with van der Waals surface area (Å²) < 4.78 is 1.81. The van der Waals surface area contributed by atoms with Gasteiger partial charge >= 0.3 is 0 Å². The molecule has 0 aliphatic carbocycles. The number of carbonyl (C=O) groups excluding carboxylic acids is 1. The number of hydrogen-bond acceptors (Lipinski definition) is 3. The predicted molar refractivity (Wildman–Crippen MR) is 83.0 cm³/mol. The molecule has 0 aliphatic heterocycles. The van der Waals surface area contributed by atoms with Crippen LogP contribution in [0.15, 0.2) is 42.7 Å². The van der Waals surface area contributed by atoms with Crippen molar-refractivity contribution in [2.45, 2.75) is 38.8 Å². The third kappa shape index (κ3) is 4.16. The van der Waals surface area contributed by atoms with E-state index in [4.69, 9.17) is 5.73 Å². The first-order valence-corrected chi connectivity index (χ1v) is 7.22. The molecule has 0 radical (unpaired) electrons. The fourth-order valence-electron chi connectivity index (χ4n) is 2.22. The molecule has 0 spiro atoms. The molecule has 0 fully saturated rings. The Kier molecular flexibility index (Phi) is 5.11. The van der Waals surface area contributed by atoms with Gasteiger partial charge in [-0.1, -0.05) is 18.2 Å². The van der Waals surface area contributed by atoms with E-state index in [-0.39, 0.29) is 18.0 Å². The van der Waals surface area contributed by atoms with Crippen LogP contribution in [0.3, 0.4) is 0 Å². The zero-order chi connectivity index (χ0) is 15.2. The summed E-state index contributed by atoms with van der Waals surface area (Å²) in [6, 6.07) is 9.77. The Hall–Kier alpha value is -2.14. The zero-order valence-electron chi connectivity index (χ0n) is 12.5. The van der Waals surface area contributed by atoms with Gasteiger partial charge in [0.1, 0.15) is 0 Å². The van der Waals surface area contributed by atoms with Crippen molar-refractivity contribution >= 4 is 5.91 Å². The minimum Gasteiger partial charge on any atom is -0.350 e. The number of hydrogen-bond donors (Lipinski definition) is 2. The highest BCUT2D eigenvalue weighted by Gasteiger charge is 2.14. The van der Waals surface area contributed by atoms with Gasteiger partial charge in [0.2, 0.25) is 5.91 Å². The maximum absolute atomic E-state index is 11.9. The van der Waals surface area contributed by atoms with Crippen LogP contribution < -0.4 is 11.1 Å². The Balaban J connectivity index is 2.09. The fourth-order valence-corrected chi connectivity index (χ4v) is 2.22. The number of rotatable bonds is 6. The van der Waals surface area contributed by atoms with Gasteiger partial charge in [0.15, 0.2) is 0 Å². The number of benzene rings is 1. The van der Waals surface area contributed by atoms with Crippen molar-refractivity contribution in [2.24, 2.45) is 5.73 Å². The smallest absolute Gasteiger partial charge is 0.220 e. The Morgan fingerprint density at radius 2 is 2.10 bits per heavy atom. The number of carbonyl (C=O) groups is 1. The molecule has 0 bridgehead atoms. The summed E-state index contributed by atoms with van der Waals surface area (Å²) in [5.74, 6) is 0.0232. The first-order valence-electron chi connectivity index (χ1n) is 7.22. The molecule has 2 aromatic rings. The van der Waals surface area contributed by atoms with Gasteiger partial charge in [0.05, 0.1) is 11.7 Å². The van der Waals surface area contributed by atoms with Crippen LogP contribution in [0.1, 0.15) is 38.3 Å². The molecule has 2 atom stereocenters. The lowest BCUT2D eigenvalue weighted by atomic mass is 10.1. The quantitative estimate of drug-likeness (QED) is 0.855. The second-order valence-electron chi connectivity index (χ2n) is 5.31. The molecule has 2 unspecified atom stereocenters. The van der Waals surface area contributed by atoms with Gasteiger partial charge in [0, 0.05) is 24.9 Å². The summed E-state index contributed by atoms with van der Waals surface area (Å²) in [6.45, 7) is 3.88. The maximum Gasteiger partial charge on any atom is 0.220 e. The average molecular weight is 286 g/mol. The van der Waals surface area contributed by atoms with Crippen LogP contribution >= 0.6 is 0 Å². The summed E-state index contributed by atoms with van der Waals surface area (Å²) in [7, 11) is 0. The van der Waals surface area contributed by atoms with E-state index >= 15 is 0 Å². The van der Waals surface area contributed by atoms with Gasteiger partial charge in [-0.25, -0.2) is 4.68 Å². The Morgan fingerprint density at radius 1 is 1.33 bits per heavy atom. The van der Waals surface area contributed by atoms with E-state index in [9.17, 15) is 4.79 Å². The molecule has 0 saturated carbocycles. The van der Waals surface area contributed by atoms with Crippen molar-refractivity contribution in [3.05, 3.63) is 48.3 Å². The number of aromatic nitrogens is 2. The minimum absolute atomic E-state index is 0.0232. The van der Waals surface area contributed by atoms with Crippen LogP contribution in [0.5, 0.6) is 0 Å². The maximum atomic E-state index is 11.9. The molecule has 1 aromatic heterocycles. The molecule has 0 saturated heterocycles. The second kappa shape index (κ2) is 7.04. The van der Waals surface area contributed by atoms with Crippen LogP contribution in [-0.2, 0) is 4.79 Å². The van der Waals surface area contributed by atoms with Crippen molar-refractivity contribution in [1.29, 1.82) is 0 Å². The van der Waals surface area contributed by atoms with Gasteiger partial charge in [-0.05, 0) is 38.0 Å². The first kappa shape index (κ1) is 15.3. The van der Waals surface area contributed by atoms with E-state index in [0.29, 0.717) is 12.8 Å². The molecule has 1 heterocycles. The fraction of sp³-hybridized carbons (Fsp3) is 0.375. The van der Waals surface area contributed by atoms with Crippen LogP contribution in [0.2, 0.25) is 0 Å². The number of amides is 1. The second-order valence-corrected chi connectivity index (χ2v) is 5.31. The topological polar surface area (TPSA) is 72.9 Å². The third-order valence-electron chi connectivity index (χ3n) is 3.36. The standard InChI is InChI=1S/C16H22N4O/c1-12(17)8-9-16(21)19-13(2)14-6-3-4-7-15(14)20-11-5-10-18-20/h3-7,10-13H,8-9,17H2,1-2H3,(H,19,21). The number of nitrogens with zero attached hydrogens (tertiary/aromatic N) is 2. The third-order valence-corrected chi connectivity index (χ3v) is 3.36. The largest absolute Gasteiger partial charge is 0.350 e. The van der Waals surface area contributed by atoms with Gasteiger partial charge in [-0.15, -0.1) is 0 Å². The van der Waals surface area contributed by atoms with Crippen molar-refractivity contribution < 1.29 is 4.79 Å². The van der Waals surface area contributed by atoms with E-state index in [1.54, 1.807) is 10.9 Å². The van der Waals surface area contributed by atoms with Gasteiger partial charge in [-0.3, -0.25) is 4.79 Å². The Bertz CT molecular complexity index is 578. The van der Waals surface area contributed by atoms with Crippen LogP contribution in [0.4, 0.5) is 0 Å². The highest BCUT2D eigenvalue weighted by atomic mass is 16.1. The molecule has 5 heteroatoms. The van der Waals surface area contributed by atoms with Crippen molar-refractivity contribution in [3.8, 4) is 5.69 Å². The van der Waals surface area contributed by atoms with Crippen LogP contribution in [-0.4, -0.2) is 21.7 Å². The molecule has 5 nitrogen and oxygen atoms in total. The van der Waals surface area contributed by atoms with E-state index in [1.165, 1.54) is 0 Å². The molecule has 21 heavy (non-hydrogen) atoms. The molecule has 0 aliphatic rings. The van der Waals surface area contributed by atoms with Gasteiger partial charge in [0.25, 0.3) is 0 Å². The molecule has 2 rings (SSSR count). The van der Waals surface area contributed by atoms with Crippen molar-refractivity contribution in [1.82, 2.24) is 15.1 Å². The van der Waals surface area contributed by atoms with E-state index in [0.717, 1.165) is 11.3 Å². The predicted octanol–water partition coefficient (Wildman–Crippen LogP) is 2.18. The van der Waals surface area contributed by atoms with Crippen molar-refractivity contribution in [2.75, 3.05) is 0 Å². The number of nitrogens with one attached hydrogen (secondary N) is 1. The Morgan fingerprint density at radius 3 is 2.76 bits per heavy atom. The van der Waals surface area contributed by atoms with Crippen LogP contribution in [0, 0.1) is 0 Å². The molecule has 3 N–H and O–H groups in total. The highest BCUT2D eigenvalue weighted by molar-refractivity contribution is 5.76. The first-order chi connectivity index (χ1) is 10.1. The van der Waals surface area contributed by atoms with E-state index < -0.39 is 0 Å². The van der Waals surface area contributed by atoms with Crippen LogP contribution in [0.25, 0.3) is 5.69 Å². The molecule has 112 valence electrons. The zero-order valence-corrected chi connectivity index (χ0v) is 12.5. The Labute approximate surface area is 125 Å². The van der Waals surface area contributed by atoms with Crippen molar-refractivity contribution in [3.63, 3.8) is 0 Å². The summed E-state index contributed by atoms with van der Waals surface area (Å²) in [4.78, 5) is 11.9. The minimum atomic E-state index is -0.0778. The van der Waals surface area contributed by atoms with Gasteiger partial charge in [-0.2, -0.15) is 5.10 Å². The van der Waals surface area contributed by atoms with E-state index in [1.807, 2.05) is 50.4 Å². The highest BCUT2D eigenvalue weighted by Crippen LogP contribution is 2.21. The monoisotopic (exact) mass is 286 g/mol. The van der Waals surface area contributed by atoms with E-state index in [2.05, 4.69) is 10.4 Å². The normalized spacial score (nSPS) is 13.7. The lowest BCUT2D eigenvalue weighted by molar-refractivity contribution is -0.121. The molecule has 1 aromatic carbocycles. The molecular weight excluding hydrogens is 264 g/mol. The SMILES string of the molecule is CC(N)CCC(=O)NC(C)c1ccccc1-n1cccn1. The number of nitrogens with two attached hydrogens (primary N) is 1. The molecule has 1 amide bonds.